The van der Waals surface area contributed by atoms with E-state index in [-0.39, 0.29) is 24.7 Å². The number of carbonyl (C=O) groups is 1. The molecule has 156 valence electrons. The maximum Gasteiger partial charge on any atom is 0.338 e. The number of rotatable bonds is 13. The molecule has 3 N–H and O–H groups in total. The Morgan fingerprint density at radius 1 is 1.19 bits per heavy atom. The highest BCUT2D eigenvalue weighted by molar-refractivity contribution is 5.77. The van der Waals surface area contributed by atoms with Gasteiger partial charge in [0.2, 0.25) is 0 Å². The highest BCUT2D eigenvalue weighted by Crippen LogP contribution is 2.38. The van der Waals surface area contributed by atoms with Crippen LogP contribution in [0.2, 0.25) is 0 Å². The van der Waals surface area contributed by atoms with Crippen LogP contribution >= 0.6 is 0 Å². The third-order valence-corrected chi connectivity index (χ3v) is 5.79. The molecule has 27 heavy (non-hydrogen) atoms. The van der Waals surface area contributed by atoms with Gasteiger partial charge in [-0.1, -0.05) is 57.4 Å². The normalized spacial score (nSPS) is 26.6. The molecule has 2 unspecified atom stereocenters. The zero-order valence-electron chi connectivity index (χ0n) is 16.8. The summed E-state index contributed by atoms with van der Waals surface area (Å²) >= 11 is 0. The third-order valence-electron chi connectivity index (χ3n) is 5.79. The lowest BCUT2D eigenvalue weighted by Gasteiger charge is -2.26. The number of aliphatic hydroxyl groups excluding tert-OH is 1. The molecule has 5 heteroatoms. The Morgan fingerprint density at radius 2 is 1.93 bits per heavy atom. The molecular weight excluding hydrogens is 347 g/mol. The molecule has 0 heterocycles. The van der Waals surface area contributed by atoms with Gasteiger partial charge in [-0.2, -0.15) is 0 Å². The fraction of sp³-hybridized carbons (Fsp3) is 0.773. The lowest BCUT2D eigenvalue weighted by Crippen LogP contribution is -2.48. The number of carboxylic acid groups (broad SMARTS) is 1. The third kappa shape index (κ3) is 7.38. The molecule has 0 spiro atoms. The number of carboxylic acids is 1. The van der Waals surface area contributed by atoms with Crippen molar-refractivity contribution in [2.24, 2.45) is 11.8 Å². The zero-order chi connectivity index (χ0) is 20.3. The largest absolute Gasteiger partial charge is 0.479 e. The molecule has 0 saturated heterocycles. The Kier molecular flexibility index (Phi) is 10.9. The van der Waals surface area contributed by atoms with Crippen molar-refractivity contribution in [3.8, 4) is 0 Å². The number of halogens is 1. The van der Waals surface area contributed by atoms with Gasteiger partial charge in [-0.05, 0) is 56.8 Å². The minimum atomic E-state index is -2.14. The molecule has 0 aromatic heterocycles. The maximum absolute atomic E-state index is 14.2. The van der Waals surface area contributed by atoms with E-state index in [9.17, 15) is 19.4 Å². The van der Waals surface area contributed by atoms with Crippen molar-refractivity contribution < 1.29 is 24.5 Å². The molecule has 0 radical (unpaired) electrons. The predicted octanol–water partition coefficient (Wildman–Crippen LogP) is 4.80. The second-order valence-corrected chi connectivity index (χ2v) is 7.74. The lowest BCUT2D eigenvalue weighted by atomic mass is 9.89. The number of allylic oxidation sites excluding steroid dienone is 3. The van der Waals surface area contributed by atoms with Crippen LogP contribution in [-0.2, 0) is 4.79 Å². The summed E-state index contributed by atoms with van der Waals surface area (Å²) in [6.07, 6.45) is 13.6. The summed E-state index contributed by atoms with van der Waals surface area (Å²) in [6.45, 7) is 3.71. The van der Waals surface area contributed by atoms with E-state index in [0.717, 1.165) is 12.8 Å². The van der Waals surface area contributed by atoms with Gasteiger partial charge in [-0.3, -0.25) is 0 Å². The first-order valence-electron chi connectivity index (χ1n) is 10.5. The highest BCUT2D eigenvalue weighted by Gasteiger charge is 2.41. The van der Waals surface area contributed by atoms with Gasteiger partial charge >= 0.3 is 5.97 Å². The minimum absolute atomic E-state index is 0.0399. The van der Waals surface area contributed by atoms with Crippen molar-refractivity contribution in [3.05, 3.63) is 24.3 Å². The van der Waals surface area contributed by atoms with Crippen LogP contribution in [0, 0.1) is 11.8 Å². The number of unbranched alkanes of at least 4 members (excludes halogenated alkanes) is 4. The van der Waals surface area contributed by atoms with Gasteiger partial charge in [0.25, 0.3) is 0 Å². The molecule has 0 bridgehead atoms. The molecule has 4 nitrogen and oxygen atoms in total. The molecule has 5 atom stereocenters. The van der Waals surface area contributed by atoms with E-state index >= 15 is 0 Å². The first-order chi connectivity index (χ1) is 12.9. The average molecular weight is 385 g/mol. The first kappa shape index (κ1) is 23.8. The summed E-state index contributed by atoms with van der Waals surface area (Å²) in [5, 5.41) is 29.0. The fourth-order valence-corrected chi connectivity index (χ4v) is 3.77. The fourth-order valence-electron chi connectivity index (χ4n) is 3.77. The number of aliphatic carboxylic acids is 1. The standard InChI is InChI=1S/C22H37FO4/c1-3-5-6-7-8-9-12-17-15-16-19(23)18(17)13-10-11-14-20(24)22(27,4-2)21(25)26/h9-12,17-20,24,27H,3-8,13-16H2,1-2H3,(H,25,26)/b11-10-,12-9+/t17-,18+,19+,20?,22?/m0/s1. The van der Waals surface area contributed by atoms with Gasteiger partial charge in [0.05, 0.1) is 6.10 Å². The summed E-state index contributed by atoms with van der Waals surface area (Å²) < 4.78 is 14.2. The van der Waals surface area contributed by atoms with Crippen molar-refractivity contribution in [1.29, 1.82) is 0 Å². The van der Waals surface area contributed by atoms with Crippen LogP contribution in [0.5, 0.6) is 0 Å². The van der Waals surface area contributed by atoms with Gasteiger partial charge in [0, 0.05) is 0 Å². The summed E-state index contributed by atoms with van der Waals surface area (Å²) in [5.41, 5.74) is -2.14. The second kappa shape index (κ2) is 12.3. The molecule has 0 aliphatic heterocycles. The van der Waals surface area contributed by atoms with Gasteiger partial charge in [-0.15, -0.1) is 0 Å². The highest BCUT2D eigenvalue weighted by atomic mass is 19.1. The smallest absolute Gasteiger partial charge is 0.338 e. The summed E-state index contributed by atoms with van der Waals surface area (Å²) in [5.74, 6) is -1.24. The quantitative estimate of drug-likeness (QED) is 0.315. The van der Waals surface area contributed by atoms with Crippen LogP contribution in [0.3, 0.4) is 0 Å². The molecule has 1 aliphatic rings. The van der Waals surface area contributed by atoms with Crippen molar-refractivity contribution in [1.82, 2.24) is 0 Å². The Bertz CT molecular complexity index is 491. The molecular formula is C22H37FO4. The SMILES string of the molecule is CCCCCC/C=C/[C@H]1CC[C@@H](F)[C@@H]1C/C=C\CC(O)C(O)(CC)C(=O)O. The summed E-state index contributed by atoms with van der Waals surface area (Å²) in [4.78, 5) is 11.1. The van der Waals surface area contributed by atoms with Gasteiger partial charge in [-0.25, -0.2) is 9.18 Å². The average Bonchev–Trinajstić information content (AvgIpc) is 3.00. The number of hydrogen-bond acceptors (Lipinski definition) is 3. The van der Waals surface area contributed by atoms with E-state index in [1.165, 1.54) is 32.6 Å². The van der Waals surface area contributed by atoms with Crippen molar-refractivity contribution >= 4 is 5.97 Å². The monoisotopic (exact) mass is 384 g/mol. The summed E-state index contributed by atoms with van der Waals surface area (Å²) in [6, 6.07) is 0. The van der Waals surface area contributed by atoms with Crippen molar-refractivity contribution in [2.75, 3.05) is 0 Å². The second-order valence-electron chi connectivity index (χ2n) is 7.74. The molecule has 0 aromatic carbocycles. The van der Waals surface area contributed by atoms with Gasteiger partial charge < -0.3 is 15.3 Å². The van der Waals surface area contributed by atoms with E-state index in [2.05, 4.69) is 19.1 Å². The molecule has 0 amide bonds. The van der Waals surface area contributed by atoms with Crippen LogP contribution in [0.1, 0.15) is 78.1 Å². The Morgan fingerprint density at radius 3 is 2.56 bits per heavy atom. The Hall–Kier alpha value is -1.20. The van der Waals surface area contributed by atoms with Crippen LogP contribution in [-0.4, -0.2) is 39.2 Å². The molecule has 1 saturated carbocycles. The van der Waals surface area contributed by atoms with E-state index < -0.39 is 23.8 Å². The maximum atomic E-state index is 14.2. The van der Waals surface area contributed by atoms with Crippen LogP contribution in [0.25, 0.3) is 0 Å². The molecule has 1 aliphatic carbocycles. The Balaban J connectivity index is 2.47. The number of hydrogen-bond donors (Lipinski definition) is 3. The molecule has 1 rings (SSSR count). The Labute approximate surface area is 163 Å². The summed E-state index contributed by atoms with van der Waals surface area (Å²) in [7, 11) is 0. The molecule has 0 aromatic rings. The van der Waals surface area contributed by atoms with Gasteiger partial charge in [0.1, 0.15) is 6.17 Å². The van der Waals surface area contributed by atoms with E-state index in [1.54, 1.807) is 6.08 Å². The van der Waals surface area contributed by atoms with E-state index in [4.69, 9.17) is 5.11 Å². The molecule has 1 fully saturated rings. The van der Waals surface area contributed by atoms with E-state index in [1.807, 2.05) is 6.08 Å². The minimum Gasteiger partial charge on any atom is -0.479 e. The number of alkyl halides is 1. The lowest BCUT2D eigenvalue weighted by molar-refractivity contribution is -0.171. The van der Waals surface area contributed by atoms with Gasteiger partial charge in [0.15, 0.2) is 5.60 Å². The van der Waals surface area contributed by atoms with Crippen LogP contribution in [0.15, 0.2) is 24.3 Å². The number of aliphatic hydroxyl groups is 2. The van der Waals surface area contributed by atoms with Crippen LogP contribution < -0.4 is 0 Å². The van der Waals surface area contributed by atoms with Crippen molar-refractivity contribution in [3.63, 3.8) is 0 Å². The first-order valence-corrected chi connectivity index (χ1v) is 10.5. The van der Waals surface area contributed by atoms with Crippen LogP contribution in [0.4, 0.5) is 4.39 Å². The van der Waals surface area contributed by atoms with E-state index in [0.29, 0.717) is 12.8 Å². The predicted molar refractivity (Wildman–Crippen MR) is 106 cm³/mol. The van der Waals surface area contributed by atoms with Crippen molar-refractivity contribution in [2.45, 2.75) is 95.9 Å². The topological polar surface area (TPSA) is 77.8 Å². The zero-order valence-corrected chi connectivity index (χ0v) is 16.8.